The first-order valence-corrected chi connectivity index (χ1v) is 9.75. The van der Waals surface area contributed by atoms with E-state index >= 15 is 0 Å². The molecule has 0 aliphatic rings. The van der Waals surface area contributed by atoms with Gasteiger partial charge in [0.2, 0.25) is 5.91 Å². The van der Waals surface area contributed by atoms with Crippen LogP contribution in [0.2, 0.25) is 0 Å². The van der Waals surface area contributed by atoms with Gasteiger partial charge in [-0.25, -0.2) is 4.98 Å². The molecule has 1 unspecified atom stereocenters. The third-order valence-electron chi connectivity index (χ3n) is 3.63. The average Bonchev–Trinajstić information content (AvgIpc) is 2.98. The van der Waals surface area contributed by atoms with Crippen LogP contribution < -0.4 is 10.9 Å². The Kier molecular flexibility index (Phi) is 6.65. The van der Waals surface area contributed by atoms with Crippen LogP contribution in [0.1, 0.15) is 39.5 Å². The summed E-state index contributed by atoms with van der Waals surface area (Å²) in [5.41, 5.74) is 0.648. The number of fused-ring (bicyclic) bond motifs is 1. The summed E-state index contributed by atoms with van der Waals surface area (Å²) in [5.74, 6) is 0.257. The van der Waals surface area contributed by atoms with Crippen molar-refractivity contribution < 1.29 is 4.79 Å². The molecule has 2 aromatic heterocycles. The highest BCUT2D eigenvalue weighted by atomic mass is 32.2. The molecule has 2 heterocycles. The van der Waals surface area contributed by atoms with Crippen LogP contribution in [0.25, 0.3) is 10.2 Å². The van der Waals surface area contributed by atoms with Gasteiger partial charge in [0.15, 0.2) is 5.16 Å². The summed E-state index contributed by atoms with van der Waals surface area (Å²) in [7, 11) is 1.70. The number of amides is 1. The molecule has 2 aromatic rings. The van der Waals surface area contributed by atoms with Gasteiger partial charge in [-0.15, -0.1) is 11.3 Å². The van der Waals surface area contributed by atoms with Crippen molar-refractivity contribution in [3.05, 3.63) is 21.8 Å². The van der Waals surface area contributed by atoms with Crippen molar-refractivity contribution in [2.75, 3.05) is 5.75 Å². The third kappa shape index (κ3) is 4.81. The number of nitrogens with one attached hydrogen (secondary N) is 1. The lowest BCUT2D eigenvalue weighted by molar-refractivity contribution is -0.119. The molecular formula is C16H23N3O2S2. The van der Waals surface area contributed by atoms with Gasteiger partial charge in [-0.3, -0.25) is 14.2 Å². The fourth-order valence-corrected chi connectivity index (χ4v) is 3.90. The Labute approximate surface area is 144 Å². The molecule has 7 heteroatoms. The Balaban J connectivity index is 1.91. The maximum Gasteiger partial charge on any atom is 0.271 e. The molecule has 0 radical (unpaired) electrons. The number of carbonyl (C=O) groups excluding carboxylic acids is 1. The summed E-state index contributed by atoms with van der Waals surface area (Å²) < 4.78 is 2.17. The second kappa shape index (κ2) is 8.49. The van der Waals surface area contributed by atoms with Crippen molar-refractivity contribution in [3.63, 3.8) is 0 Å². The zero-order valence-electron chi connectivity index (χ0n) is 13.8. The Bertz CT molecular complexity index is 724. The van der Waals surface area contributed by atoms with Crippen molar-refractivity contribution >= 4 is 39.2 Å². The van der Waals surface area contributed by atoms with Crippen molar-refractivity contribution in [1.29, 1.82) is 0 Å². The maximum atomic E-state index is 12.2. The molecule has 23 heavy (non-hydrogen) atoms. The normalized spacial score (nSPS) is 12.5. The van der Waals surface area contributed by atoms with E-state index < -0.39 is 0 Å². The van der Waals surface area contributed by atoms with Crippen molar-refractivity contribution in [1.82, 2.24) is 14.9 Å². The Morgan fingerprint density at radius 3 is 3.00 bits per heavy atom. The minimum Gasteiger partial charge on any atom is -0.353 e. The average molecular weight is 354 g/mol. The van der Waals surface area contributed by atoms with Crippen molar-refractivity contribution in [2.45, 2.75) is 50.7 Å². The number of unbranched alkanes of at least 4 members (excludes halogenated alkanes) is 2. The molecular weight excluding hydrogens is 330 g/mol. The summed E-state index contributed by atoms with van der Waals surface area (Å²) in [6, 6.07) is 2.02. The van der Waals surface area contributed by atoms with Crippen LogP contribution in [-0.4, -0.2) is 27.3 Å². The minimum atomic E-state index is -0.0548. The highest BCUT2D eigenvalue weighted by Gasteiger charge is 2.12. The van der Waals surface area contributed by atoms with Gasteiger partial charge in [0.1, 0.15) is 4.70 Å². The molecule has 1 amide bonds. The molecule has 126 valence electrons. The zero-order valence-corrected chi connectivity index (χ0v) is 15.4. The first-order valence-electron chi connectivity index (χ1n) is 7.89. The third-order valence-corrected chi connectivity index (χ3v) is 5.55. The summed E-state index contributed by atoms with van der Waals surface area (Å²) in [6.07, 6.45) is 4.51. The van der Waals surface area contributed by atoms with Crippen LogP contribution in [0, 0.1) is 0 Å². The van der Waals surface area contributed by atoms with E-state index in [1.165, 1.54) is 40.5 Å². The maximum absolute atomic E-state index is 12.2. The van der Waals surface area contributed by atoms with Gasteiger partial charge < -0.3 is 5.32 Å². The number of thioether (sulfide) groups is 1. The molecule has 5 nitrogen and oxygen atoms in total. The van der Waals surface area contributed by atoms with Crippen LogP contribution in [0.5, 0.6) is 0 Å². The highest BCUT2D eigenvalue weighted by Crippen LogP contribution is 2.20. The first kappa shape index (κ1) is 18.0. The monoisotopic (exact) mass is 353 g/mol. The lowest BCUT2D eigenvalue weighted by Crippen LogP contribution is -2.34. The van der Waals surface area contributed by atoms with Crippen molar-refractivity contribution in [2.24, 2.45) is 7.05 Å². The molecule has 0 bridgehead atoms. The van der Waals surface area contributed by atoms with Gasteiger partial charge >= 0.3 is 0 Å². The van der Waals surface area contributed by atoms with E-state index in [2.05, 4.69) is 17.2 Å². The molecule has 0 aliphatic carbocycles. The van der Waals surface area contributed by atoms with Crippen LogP contribution in [0.15, 0.2) is 21.4 Å². The van der Waals surface area contributed by atoms with Gasteiger partial charge in [-0.05, 0) is 24.8 Å². The molecule has 0 fully saturated rings. The predicted molar refractivity (Wildman–Crippen MR) is 97.3 cm³/mol. The second-order valence-corrected chi connectivity index (χ2v) is 7.51. The summed E-state index contributed by atoms with van der Waals surface area (Å²) >= 11 is 2.70. The largest absolute Gasteiger partial charge is 0.353 e. The lowest BCUT2D eigenvalue weighted by atomic mass is 10.1. The van der Waals surface area contributed by atoms with Crippen LogP contribution in [0.3, 0.4) is 0 Å². The van der Waals surface area contributed by atoms with E-state index in [1.54, 1.807) is 7.05 Å². The number of thiophene rings is 1. The molecule has 0 aliphatic heterocycles. The van der Waals surface area contributed by atoms with Crippen LogP contribution in [0.4, 0.5) is 0 Å². The molecule has 0 saturated heterocycles. The van der Waals surface area contributed by atoms with E-state index in [-0.39, 0.29) is 23.3 Å². The van der Waals surface area contributed by atoms with Gasteiger partial charge in [0.25, 0.3) is 5.56 Å². The molecule has 0 aromatic carbocycles. The van der Waals surface area contributed by atoms with Crippen molar-refractivity contribution in [3.8, 4) is 0 Å². The van der Waals surface area contributed by atoms with Crippen LogP contribution in [-0.2, 0) is 11.8 Å². The van der Waals surface area contributed by atoms with Crippen LogP contribution >= 0.6 is 23.1 Å². The zero-order chi connectivity index (χ0) is 16.8. The van der Waals surface area contributed by atoms with Gasteiger partial charge in [-0.1, -0.05) is 37.9 Å². The van der Waals surface area contributed by atoms with Gasteiger partial charge in [0.05, 0.1) is 11.3 Å². The Morgan fingerprint density at radius 2 is 2.26 bits per heavy atom. The smallest absolute Gasteiger partial charge is 0.271 e. The number of hydrogen-bond acceptors (Lipinski definition) is 5. The predicted octanol–water partition coefficient (Wildman–Crippen LogP) is 3.17. The molecule has 0 saturated carbocycles. The topological polar surface area (TPSA) is 64.0 Å². The fraction of sp³-hybridized carbons (Fsp3) is 0.562. The van der Waals surface area contributed by atoms with Gasteiger partial charge in [-0.2, -0.15) is 0 Å². The standard InChI is InChI=1S/C16H23N3O2S2/c1-4-5-6-7-11(2)17-13(20)10-23-16-18-12-8-9-22-14(12)15(21)19(16)3/h8-9,11H,4-7,10H2,1-3H3,(H,17,20). The number of rotatable bonds is 8. The van der Waals surface area contributed by atoms with E-state index in [9.17, 15) is 9.59 Å². The quantitative estimate of drug-likeness (QED) is 0.450. The molecule has 1 atom stereocenters. The van der Waals surface area contributed by atoms with E-state index in [0.717, 1.165) is 12.8 Å². The molecule has 0 spiro atoms. The molecule has 1 N–H and O–H groups in total. The number of carbonyl (C=O) groups is 1. The number of nitrogens with zero attached hydrogens (tertiary/aromatic N) is 2. The summed E-state index contributed by atoms with van der Waals surface area (Å²) in [4.78, 5) is 28.7. The summed E-state index contributed by atoms with van der Waals surface area (Å²) in [6.45, 7) is 4.20. The SMILES string of the molecule is CCCCCC(C)NC(=O)CSc1nc2ccsc2c(=O)n1C. The lowest BCUT2D eigenvalue weighted by Gasteiger charge is -2.13. The minimum absolute atomic E-state index is 0.0151. The summed E-state index contributed by atoms with van der Waals surface area (Å²) in [5, 5.41) is 5.44. The van der Waals surface area contributed by atoms with Gasteiger partial charge in [0, 0.05) is 13.1 Å². The Hall–Kier alpha value is -1.34. The fourth-order valence-electron chi connectivity index (χ4n) is 2.32. The van der Waals surface area contributed by atoms with E-state index in [1.807, 2.05) is 18.4 Å². The highest BCUT2D eigenvalue weighted by molar-refractivity contribution is 7.99. The first-order chi connectivity index (χ1) is 11.0. The Morgan fingerprint density at radius 1 is 1.48 bits per heavy atom. The van der Waals surface area contributed by atoms with E-state index in [4.69, 9.17) is 0 Å². The molecule has 2 rings (SSSR count). The number of hydrogen-bond donors (Lipinski definition) is 1. The second-order valence-electron chi connectivity index (χ2n) is 5.65. The number of aromatic nitrogens is 2. The van der Waals surface area contributed by atoms with E-state index in [0.29, 0.717) is 15.4 Å².